The Morgan fingerprint density at radius 1 is 0.933 bits per heavy atom. The third-order valence-corrected chi connectivity index (χ3v) is 3.99. The lowest BCUT2D eigenvalue weighted by molar-refractivity contribution is -0.136. The summed E-state index contributed by atoms with van der Waals surface area (Å²) in [5, 5.41) is 2.14. The first kappa shape index (κ1) is 23.1. The number of carbonyl (C=O) groups is 2. The molecule has 0 bridgehead atoms. The number of amides is 2. The van der Waals surface area contributed by atoms with Crippen molar-refractivity contribution >= 4 is 17.5 Å². The standard InChI is InChI=1S/C21H23F3N2O4/c1-3-11-26(12-18(27)25-17-10-9-16(22)20(23)21(17)24)19(28)13-30-15-7-5-14(6-8-15)29-4-2/h5-10H,3-4,11-13H2,1-2H3,(H,25,27). The van der Waals surface area contributed by atoms with E-state index in [2.05, 4.69) is 5.32 Å². The molecule has 2 rings (SSSR count). The molecule has 0 aliphatic rings. The molecule has 1 N–H and O–H groups in total. The molecule has 6 nitrogen and oxygen atoms in total. The van der Waals surface area contributed by atoms with E-state index in [4.69, 9.17) is 9.47 Å². The molecule has 0 heterocycles. The molecule has 0 saturated carbocycles. The van der Waals surface area contributed by atoms with Gasteiger partial charge in [0.2, 0.25) is 5.91 Å². The van der Waals surface area contributed by atoms with Crippen molar-refractivity contribution in [2.24, 2.45) is 0 Å². The monoisotopic (exact) mass is 424 g/mol. The first-order valence-electron chi connectivity index (χ1n) is 9.42. The van der Waals surface area contributed by atoms with Crippen LogP contribution in [-0.2, 0) is 9.59 Å². The molecule has 0 aliphatic carbocycles. The van der Waals surface area contributed by atoms with Gasteiger partial charge >= 0.3 is 0 Å². The number of anilines is 1. The van der Waals surface area contributed by atoms with Gasteiger partial charge in [-0.15, -0.1) is 0 Å². The number of halogens is 3. The normalized spacial score (nSPS) is 10.4. The molecule has 0 atom stereocenters. The summed E-state index contributed by atoms with van der Waals surface area (Å²) in [5.41, 5.74) is -0.506. The molecule has 2 aromatic carbocycles. The molecule has 2 aromatic rings. The lowest BCUT2D eigenvalue weighted by atomic mass is 10.2. The highest BCUT2D eigenvalue weighted by atomic mass is 19.2. The Labute approximate surface area is 172 Å². The van der Waals surface area contributed by atoms with Crippen LogP contribution in [0.2, 0.25) is 0 Å². The molecule has 0 saturated heterocycles. The molecule has 0 unspecified atom stereocenters. The molecular weight excluding hydrogens is 401 g/mol. The maximum atomic E-state index is 13.7. The van der Waals surface area contributed by atoms with Gasteiger partial charge < -0.3 is 19.7 Å². The van der Waals surface area contributed by atoms with Crippen LogP contribution in [-0.4, -0.2) is 43.0 Å². The molecular formula is C21H23F3N2O4. The van der Waals surface area contributed by atoms with Crippen LogP contribution in [0.4, 0.5) is 18.9 Å². The Balaban J connectivity index is 1.94. The molecule has 0 aromatic heterocycles. The Bertz CT molecular complexity index is 875. The van der Waals surface area contributed by atoms with Crippen LogP contribution < -0.4 is 14.8 Å². The van der Waals surface area contributed by atoms with Crippen LogP contribution in [0.15, 0.2) is 36.4 Å². The molecule has 0 spiro atoms. The van der Waals surface area contributed by atoms with E-state index in [1.54, 1.807) is 24.3 Å². The number of carbonyl (C=O) groups excluding carboxylic acids is 2. The Kier molecular flexibility index (Phi) is 8.52. The van der Waals surface area contributed by atoms with E-state index in [1.165, 1.54) is 4.90 Å². The van der Waals surface area contributed by atoms with Crippen molar-refractivity contribution in [2.75, 3.05) is 31.6 Å². The second kappa shape index (κ2) is 11.1. The molecule has 0 radical (unpaired) electrons. The number of nitrogens with zero attached hydrogens (tertiary/aromatic N) is 1. The minimum atomic E-state index is -1.68. The topological polar surface area (TPSA) is 67.9 Å². The highest BCUT2D eigenvalue weighted by Gasteiger charge is 2.20. The Morgan fingerprint density at radius 3 is 2.17 bits per heavy atom. The third kappa shape index (κ3) is 6.40. The summed E-state index contributed by atoms with van der Waals surface area (Å²) >= 11 is 0. The fraction of sp³-hybridized carbons (Fsp3) is 0.333. The highest BCUT2D eigenvalue weighted by Crippen LogP contribution is 2.20. The van der Waals surface area contributed by atoms with Gasteiger partial charge in [-0.25, -0.2) is 13.2 Å². The smallest absolute Gasteiger partial charge is 0.260 e. The SMILES string of the molecule is CCCN(CC(=O)Nc1ccc(F)c(F)c1F)C(=O)COc1ccc(OCC)cc1. The van der Waals surface area contributed by atoms with E-state index >= 15 is 0 Å². The van der Waals surface area contributed by atoms with Crippen LogP contribution in [0.5, 0.6) is 11.5 Å². The maximum absolute atomic E-state index is 13.7. The van der Waals surface area contributed by atoms with E-state index in [1.807, 2.05) is 13.8 Å². The molecule has 30 heavy (non-hydrogen) atoms. The molecule has 0 aliphatic heterocycles. The zero-order valence-electron chi connectivity index (χ0n) is 16.7. The number of rotatable bonds is 10. The fourth-order valence-corrected chi connectivity index (χ4v) is 2.58. The lowest BCUT2D eigenvalue weighted by Gasteiger charge is -2.22. The minimum absolute atomic E-state index is 0.263. The van der Waals surface area contributed by atoms with E-state index in [0.29, 0.717) is 30.6 Å². The van der Waals surface area contributed by atoms with Crippen LogP contribution >= 0.6 is 0 Å². The number of hydrogen-bond donors (Lipinski definition) is 1. The maximum Gasteiger partial charge on any atom is 0.260 e. The zero-order chi connectivity index (χ0) is 22.1. The van der Waals surface area contributed by atoms with Crippen LogP contribution in [0.3, 0.4) is 0 Å². The highest BCUT2D eigenvalue weighted by molar-refractivity contribution is 5.94. The summed E-state index contributed by atoms with van der Waals surface area (Å²) in [6, 6.07) is 8.33. The number of benzene rings is 2. The summed E-state index contributed by atoms with van der Waals surface area (Å²) in [7, 11) is 0. The summed E-state index contributed by atoms with van der Waals surface area (Å²) < 4.78 is 50.8. The van der Waals surface area contributed by atoms with Crippen molar-refractivity contribution in [2.45, 2.75) is 20.3 Å². The van der Waals surface area contributed by atoms with E-state index in [9.17, 15) is 22.8 Å². The molecule has 0 fully saturated rings. The molecule has 162 valence electrons. The van der Waals surface area contributed by atoms with Crippen molar-refractivity contribution in [1.82, 2.24) is 4.90 Å². The quantitative estimate of drug-likeness (QED) is 0.590. The van der Waals surface area contributed by atoms with Crippen molar-refractivity contribution in [1.29, 1.82) is 0 Å². The van der Waals surface area contributed by atoms with Gasteiger partial charge in [0.25, 0.3) is 5.91 Å². The predicted octanol–water partition coefficient (Wildman–Crippen LogP) is 3.76. The zero-order valence-corrected chi connectivity index (χ0v) is 16.7. The number of ether oxygens (including phenoxy) is 2. The average molecular weight is 424 g/mol. The van der Waals surface area contributed by atoms with Crippen LogP contribution in [0.25, 0.3) is 0 Å². The minimum Gasteiger partial charge on any atom is -0.494 e. The van der Waals surface area contributed by atoms with Gasteiger partial charge in [0, 0.05) is 6.54 Å². The third-order valence-electron chi connectivity index (χ3n) is 3.99. The van der Waals surface area contributed by atoms with Gasteiger partial charge in [0.15, 0.2) is 24.1 Å². The summed E-state index contributed by atoms with van der Waals surface area (Å²) in [5.74, 6) is -4.62. The lowest BCUT2D eigenvalue weighted by Crippen LogP contribution is -2.41. The van der Waals surface area contributed by atoms with E-state index in [-0.39, 0.29) is 13.2 Å². The second-order valence-corrected chi connectivity index (χ2v) is 6.28. The Morgan fingerprint density at radius 2 is 1.57 bits per heavy atom. The van der Waals surface area contributed by atoms with E-state index in [0.717, 1.165) is 6.07 Å². The average Bonchev–Trinajstić information content (AvgIpc) is 2.73. The van der Waals surface area contributed by atoms with Gasteiger partial charge in [0.1, 0.15) is 11.5 Å². The van der Waals surface area contributed by atoms with E-state index < -0.39 is 41.5 Å². The summed E-state index contributed by atoms with van der Waals surface area (Å²) in [6.45, 7) is 3.78. The summed E-state index contributed by atoms with van der Waals surface area (Å²) in [4.78, 5) is 25.9. The van der Waals surface area contributed by atoms with Crippen molar-refractivity contribution in [3.8, 4) is 11.5 Å². The van der Waals surface area contributed by atoms with Gasteiger partial charge in [-0.3, -0.25) is 9.59 Å². The van der Waals surface area contributed by atoms with Crippen molar-refractivity contribution in [3.05, 3.63) is 53.8 Å². The first-order valence-corrected chi connectivity index (χ1v) is 9.42. The fourth-order valence-electron chi connectivity index (χ4n) is 2.58. The number of hydrogen-bond acceptors (Lipinski definition) is 4. The molecule has 2 amide bonds. The second-order valence-electron chi connectivity index (χ2n) is 6.28. The van der Waals surface area contributed by atoms with Crippen molar-refractivity contribution < 1.29 is 32.2 Å². The summed E-state index contributed by atoms with van der Waals surface area (Å²) in [6.07, 6.45) is 0.571. The van der Waals surface area contributed by atoms with Gasteiger partial charge in [-0.2, -0.15) is 0 Å². The largest absolute Gasteiger partial charge is 0.494 e. The first-order chi connectivity index (χ1) is 14.3. The number of nitrogens with one attached hydrogen (secondary N) is 1. The van der Waals surface area contributed by atoms with Crippen LogP contribution in [0, 0.1) is 17.5 Å². The predicted molar refractivity (Wildman–Crippen MR) is 105 cm³/mol. The Hall–Kier alpha value is -3.23. The van der Waals surface area contributed by atoms with Crippen molar-refractivity contribution in [3.63, 3.8) is 0 Å². The molecule has 9 heteroatoms. The van der Waals surface area contributed by atoms with Gasteiger partial charge in [-0.1, -0.05) is 6.92 Å². The van der Waals surface area contributed by atoms with Gasteiger partial charge in [-0.05, 0) is 49.7 Å². The van der Waals surface area contributed by atoms with Gasteiger partial charge in [0.05, 0.1) is 18.8 Å². The van der Waals surface area contributed by atoms with Crippen LogP contribution in [0.1, 0.15) is 20.3 Å².